The fourth-order valence-electron chi connectivity index (χ4n) is 2.22. The minimum Gasteiger partial charge on any atom is -0.304 e. The Balaban J connectivity index is 0.00000106. The second kappa shape index (κ2) is 10.1. The zero-order valence-corrected chi connectivity index (χ0v) is 12.1. The molecule has 1 saturated heterocycles. The molecular weight excluding hydrogens is 196 g/mol. The van der Waals surface area contributed by atoms with Crippen LogP contribution in [-0.2, 0) is 0 Å². The molecule has 0 amide bonds. The number of piperidine rings is 1. The van der Waals surface area contributed by atoms with Gasteiger partial charge in [0.2, 0.25) is 0 Å². The van der Waals surface area contributed by atoms with Crippen LogP contribution in [0.1, 0.15) is 53.4 Å². The molecule has 1 aliphatic rings. The maximum absolute atomic E-state index is 2.63. The molecule has 0 bridgehead atoms. The third-order valence-electron chi connectivity index (χ3n) is 3.51. The number of hydrogen-bond donors (Lipinski definition) is 0. The van der Waals surface area contributed by atoms with E-state index >= 15 is 0 Å². The highest BCUT2D eigenvalue weighted by molar-refractivity contribution is 4.77. The molecule has 1 heterocycles. The van der Waals surface area contributed by atoms with Crippen LogP contribution in [0.15, 0.2) is 0 Å². The number of hydrogen-bond acceptors (Lipinski definition) is 2. The van der Waals surface area contributed by atoms with Gasteiger partial charge in [-0.2, -0.15) is 0 Å². The van der Waals surface area contributed by atoms with E-state index < -0.39 is 0 Å². The summed E-state index contributed by atoms with van der Waals surface area (Å²) in [4.78, 5) is 5.13. The molecule has 0 aliphatic carbocycles. The molecule has 0 aromatic heterocycles. The van der Waals surface area contributed by atoms with Crippen molar-refractivity contribution in [3.63, 3.8) is 0 Å². The van der Waals surface area contributed by atoms with Crippen molar-refractivity contribution in [1.29, 1.82) is 0 Å². The van der Waals surface area contributed by atoms with Gasteiger partial charge in [-0.15, -0.1) is 0 Å². The van der Waals surface area contributed by atoms with Crippen LogP contribution in [0.2, 0.25) is 0 Å². The fourth-order valence-corrected chi connectivity index (χ4v) is 2.22. The summed E-state index contributed by atoms with van der Waals surface area (Å²) in [5, 5.41) is 0. The molecule has 0 aromatic carbocycles. The van der Waals surface area contributed by atoms with Gasteiger partial charge < -0.3 is 9.80 Å². The van der Waals surface area contributed by atoms with Crippen molar-refractivity contribution in [2.75, 3.05) is 33.2 Å². The van der Waals surface area contributed by atoms with E-state index in [1.807, 2.05) is 13.8 Å². The molecule has 98 valence electrons. The SMILES string of the molecule is CC.CCCCN1CCC(N(C)CC)CC1. The van der Waals surface area contributed by atoms with Crippen molar-refractivity contribution < 1.29 is 0 Å². The standard InChI is InChI=1S/C12H26N2.C2H6/c1-4-6-9-14-10-7-12(8-11-14)13(3)5-2;1-2/h12H,4-11H2,1-3H3;1-2H3. The summed E-state index contributed by atoms with van der Waals surface area (Å²) in [6.07, 6.45) is 5.44. The van der Waals surface area contributed by atoms with Crippen LogP contribution in [-0.4, -0.2) is 49.1 Å². The molecule has 0 spiro atoms. The topological polar surface area (TPSA) is 6.48 Å². The smallest absolute Gasteiger partial charge is 0.0116 e. The maximum Gasteiger partial charge on any atom is 0.0116 e. The lowest BCUT2D eigenvalue weighted by Crippen LogP contribution is -2.43. The highest BCUT2D eigenvalue weighted by atomic mass is 15.2. The van der Waals surface area contributed by atoms with Crippen LogP contribution in [0.3, 0.4) is 0 Å². The first-order valence-corrected chi connectivity index (χ1v) is 7.20. The normalized spacial score (nSPS) is 18.4. The van der Waals surface area contributed by atoms with Gasteiger partial charge in [0.05, 0.1) is 0 Å². The predicted molar refractivity (Wildman–Crippen MR) is 74.0 cm³/mol. The Morgan fingerprint density at radius 2 is 1.69 bits per heavy atom. The van der Waals surface area contributed by atoms with Crippen molar-refractivity contribution in [2.45, 2.75) is 59.4 Å². The fraction of sp³-hybridized carbons (Fsp3) is 1.00. The van der Waals surface area contributed by atoms with Gasteiger partial charge in [-0.3, -0.25) is 0 Å². The summed E-state index contributed by atoms with van der Waals surface area (Å²) >= 11 is 0. The summed E-state index contributed by atoms with van der Waals surface area (Å²) in [7, 11) is 2.26. The predicted octanol–water partition coefficient (Wildman–Crippen LogP) is 3.23. The lowest BCUT2D eigenvalue weighted by Gasteiger charge is -2.36. The first-order valence-electron chi connectivity index (χ1n) is 7.20. The van der Waals surface area contributed by atoms with Gasteiger partial charge >= 0.3 is 0 Å². The molecule has 0 radical (unpaired) electrons. The average Bonchev–Trinajstić information content (AvgIpc) is 2.38. The molecule has 0 unspecified atom stereocenters. The van der Waals surface area contributed by atoms with E-state index in [1.165, 1.54) is 51.9 Å². The van der Waals surface area contributed by atoms with Gasteiger partial charge in [0.25, 0.3) is 0 Å². The van der Waals surface area contributed by atoms with E-state index in [0.29, 0.717) is 0 Å². The van der Waals surface area contributed by atoms with E-state index in [1.54, 1.807) is 0 Å². The zero-order chi connectivity index (χ0) is 12.4. The quantitative estimate of drug-likeness (QED) is 0.713. The number of likely N-dealkylation sites (tertiary alicyclic amines) is 1. The Morgan fingerprint density at radius 3 is 2.12 bits per heavy atom. The molecule has 0 aromatic rings. The van der Waals surface area contributed by atoms with Crippen LogP contribution in [0.25, 0.3) is 0 Å². The monoisotopic (exact) mass is 228 g/mol. The molecule has 0 N–H and O–H groups in total. The Hall–Kier alpha value is -0.0800. The average molecular weight is 228 g/mol. The molecule has 0 atom stereocenters. The van der Waals surface area contributed by atoms with Crippen molar-refractivity contribution in [1.82, 2.24) is 9.80 Å². The number of nitrogens with zero attached hydrogens (tertiary/aromatic N) is 2. The lowest BCUT2D eigenvalue weighted by atomic mass is 10.0. The molecule has 0 saturated carbocycles. The summed E-state index contributed by atoms with van der Waals surface area (Å²) in [5.74, 6) is 0. The lowest BCUT2D eigenvalue weighted by molar-refractivity contribution is 0.131. The molecule has 1 fully saturated rings. The highest BCUT2D eigenvalue weighted by Gasteiger charge is 2.20. The van der Waals surface area contributed by atoms with E-state index in [9.17, 15) is 0 Å². The van der Waals surface area contributed by atoms with Crippen molar-refractivity contribution in [2.24, 2.45) is 0 Å². The zero-order valence-electron chi connectivity index (χ0n) is 12.1. The summed E-state index contributed by atoms with van der Waals surface area (Å²) in [5.41, 5.74) is 0. The molecule has 1 aliphatic heterocycles. The van der Waals surface area contributed by atoms with Crippen molar-refractivity contribution >= 4 is 0 Å². The molecular formula is C14H32N2. The largest absolute Gasteiger partial charge is 0.304 e. The van der Waals surface area contributed by atoms with Crippen LogP contribution in [0.5, 0.6) is 0 Å². The second-order valence-corrected chi connectivity index (χ2v) is 4.50. The Morgan fingerprint density at radius 1 is 1.12 bits per heavy atom. The molecule has 2 heteroatoms. The number of unbranched alkanes of at least 4 members (excludes halogenated alkanes) is 1. The van der Waals surface area contributed by atoms with E-state index in [4.69, 9.17) is 0 Å². The molecule has 1 rings (SSSR count). The Labute approximate surface area is 103 Å². The minimum atomic E-state index is 0.845. The third-order valence-corrected chi connectivity index (χ3v) is 3.51. The molecule has 2 nitrogen and oxygen atoms in total. The van der Waals surface area contributed by atoms with Gasteiger partial charge in [-0.05, 0) is 52.5 Å². The van der Waals surface area contributed by atoms with Gasteiger partial charge in [0, 0.05) is 6.04 Å². The van der Waals surface area contributed by atoms with Gasteiger partial charge in [-0.25, -0.2) is 0 Å². The van der Waals surface area contributed by atoms with E-state index in [-0.39, 0.29) is 0 Å². The van der Waals surface area contributed by atoms with Crippen molar-refractivity contribution in [3.05, 3.63) is 0 Å². The first-order chi connectivity index (χ1) is 7.77. The van der Waals surface area contributed by atoms with Gasteiger partial charge in [0.15, 0.2) is 0 Å². The summed E-state index contributed by atoms with van der Waals surface area (Å²) in [6.45, 7) is 13.7. The van der Waals surface area contributed by atoms with Gasteiger partial charge in [0.1, 0.15) is 0 Å². The summed E-state index contributed by atoms with van der Waals surface area (Å²) in [6, 6.07) is 0.845. The Kier molecular flexibility index (Phi) is 10.0. The highest BCUT2D eigenvalue weighted by Crippen LogP contribution is 2.15. The van der Waals surface area contributed by atoms with Crippen LogP contribution < -0.4 is 0 Å². The maximum atomic E-state index is 2.63. The summed E-state index contributed by atoms with van der Waals surface area (Å²) < 4.78 is 0. The second-order valence-electron chi connectivity index (χ2n) is 4.50. The molecule has 16 heavy (non-hydrogen) atoms. The van der Waals surface area contributed by atoms with Crippen LogP contribution in [0, 0.1) is 0 Å². The Bertz CT molecular complexity index is 140. The van der Waals surface area contributed by atoms with Crippen LogP contribution >= 0.6 is 0 Å². The van der Waals surface area contributed by atoms with Gasteiger partial charge in [-0.1, -0.05) is 34.1 Å². The minimum absolute atomic E-state index is 0.845. The first kappa shape index (κ1) is 15.9. The van der Waals surface area contributed by atoms with E-state index in [2.05, 4.69) is 30.7 Å². The van der Waals surface area contributed by atoms with Crippen LogP contribution in [0.4, 0.5) is 0 Å². The third kappa shape index (κ3) is 5.86. The number of rotatable bonds is 5. The van der Waals surface area contributed by atoms with E-state index in [0.717, 1.165) is 6.04 Å². The van der Waals surface area contributed by atoms with Crippen molar-refractivity contribution in [3.8, 4) is 0 Å².